The van der Waals surface area contributed by atoms with E-state index >= 15 is 0 Å². The number of thioether (sulfide) groups is 1. The van der Waals surface area contributed by atoms with Crippen LogP contribution in [0.5, 0.6) is 0 Å². The summed E-state index contributed by atoms with van der Waals surface area (Å²) in [5.74, 6) is 0.104. The SMILES string of the molecule is Cc1ccc(SCC(=O)Nc2ccc(S(=O)(=O)Nc3ccc(Cl)cc3)cc2)cc1. The van der Waals surface area contributed by atoms with Gasteiger partial charge >= 0.3 is 0 Å². The zero-order valence-electron chi connectivity index (χ0n) is 15.6. The summed E-state index contributed by atoms with van der Waals surface area (Å²) in [6.45, 7) is 2.01. The van der Waals surface area contributed by atoms with Gasteiger partial charge in [0.15, 0.2) is 0 Å². The van der Waals surface area contributed by atoms with Crippen LogP contribution in [-0.4, -0.2) is 20.1 Å². The average Bonchev–Trinajstić information content (AvgIpc) is 2.70. The van der Waals surface area contributed by atoms with E-state index in [1.807, 2.05) is 31.2 Å². The fraction of sp³-hybridized carbons (Fsp3) is 0.0952. The van der Waals surface area contributed by atoms with Gasteiger partial charge in [-0.3, -0.25) is 9.52 Å². The third kappa shape index (κ3) is 6.25. The molecule has 0 saturated carbocycles. The molecule has 3 rings (SSSR count). The number of anilines is 2. The molecular weight excluding hydrogens is 428 g/mol. The lowest BCUT2D eigenvalue weighted by atomic mass is 10.2. The molecule has 0 spiro atoms. The lowest BCUT2D eigenvalue weighted by Gasteiger charge is -2.10. The Kier molecular flexibility index (Phi) is 6.84. The smallest absolute Gasteiger partial charge is 0.261 e. The number of rotatable bonds is 7. The van der Waals surface area contributed by atoms with Crippen LogP contribution in [0.25, 0.3) is 0 Å². The standard InChI is InChI=1S/C21H19ClN2O3S2/c1-15-2-10-19(11-3-15)28-14-21(25)23-17-8-12-20(13-9-17)29(26,27)24-18-6-4-16(22)5-7-18/h2-13,24H,14H2,1H3,(H,23,25). The van der Waals surface area contributed by atoms with E-state index in [1.165, 1.54) is 29.5 Å². The van der Waals surface area contributed by atoms with Crippen molar-refractivity contribution >= 4 is 50.7 Å². The Bertz CT molecular complexity index is 1080. The molecule has 8 heteroatoms. The Morgan fingerprint density at radius 1 is 0.897 bits per heavy atom. The summed E-state index contributed by atoms with van der Waals surface area (Å²) in [5, 5.41) is 3.29. The first-order valence-electron chi connectivity index (χ1n) is 8.70. The second-order valence-electron chi connectivity index (χ2n) is 6.29. The van der Waals surface area contributed by atoms with Gasteiger partial charge in [0.25, 0.3) is 10.0 Å². The van der Waals surface area contributed by atoms with E-state index in [2.05, 4.69) is 10.0 Å². The van der Waals surface area contributed by atoms with Gasteiger partial charge < -0.3 is 5.32 Å². The highest BCUT2D eigenvalue weighted by molar-refractivity contribution is 8.00. The summed E-state index contributed by atoms with van der Waals surface area (Å²) in [6, 6.07) is 20.3. The van der Waals surface area contributed by atoms with Crippen molar-refractivity contribution in [2.24, 2.45) is 0 Å². The van der Waals surface area contributed by atoms with E-state index in [1.54, 1.807) is 36.4 Å². The summed E-state index contributed by atoms with van der Waals surface area (Å²) >= 11 is 7.25. The Morgan fingerprint density at radius 2 is 1.48 bits per heavy atom. The fourth-order valence-electron chi connectivity index (χ4n) is 2.43. The van der Waals surface area contributed by atoms with Gasteiger partial charge in [-0.05, 0) is 67.6 Å². The van der Waals surface area contributed by atoms with Gasteiger partial charge in [0, 0.05) is 21.3 Å². The van der Waals surface area contributed by atoms with E-state index < -0.39 is 10.0 Å². The molecule has 1 amide bonds. The fourth-order valence-corrected chi connectivity index (χ4v) is 4.31. The van der Waals surface area contributed by atoms with Crippen molar-refractivity contribution < 1.29 is 13.2 Å². The number of nitrogens with one attached hydrogen (secondary N) is 2. The van der Waals surface area contributed by atoms with Gasteiger partial charge in [-0.1, -0.05) is 29.3 Å². The van der Waals surface area contributed by atoms with Gasteiger partial charge in [0.1, 0.15) is 0 Å². The third-order valence-electron chi connectivity index (χ3n) is 3.94. The number of carbonyl (C=O) groups is 1. The van der Waals surface area contributed by atoms with Crippen LogP contribution in [-0.2, 0) is 14.8 Å². The molecule has 0 aliphatic heterocycles. The van der Waals surface area contributed by atoms with Crippen molar-refractivity contribution in [3.05, 3.63) is 83.4 Å². The minimum absolute atomic E-state index is 0.0967. The van der Waals surface area contributed by atoms with Crippen molar-refractivity contribution in [3.8, 4) is 0 Å². The van der Waals surface area contributed by atoms with Crippen molar-refractivity contribution in [1.29, 1.82) is 0 Å². The number of sulfonamides is 1. The number of carbonyl (C=O) groups excluding carboxylic acids is 1. The molecule has 150 valence electrons. The Morgan fingerprint density at radius 3 is 2.10 bits per heavy atom. The lowest BCUT2D eigenvalue weighted by Crippen LogP contribution is -2.15. The number of halogens is 1. The summed E-state index contributed by atoms with van der Waals surface area (Å²) in [7, 11) is -3.73. The summed E-state index contributed by atoms with van der Waals surface area (Å²) in [4.78, 5) is 13.2. The molecule has 3 aromatic carbocycles. The molecular formula is C21H19ClN2O3S2. The van der Waals surface area contributed by atoms with Crippen molar-refractivity contribution in [2.45, 2.75) is 16.7 Å². The molecule has 0 aromatic heterocycles. The summed E-state index contributed by atoms with van der Waals surface area (Å²) in [5.41, 5.74) is 2.12. The van der Waals surface area contributed by atoms with E-state index in [0.29, 0.717) is 16.4 Å². The van der Waals surface area contributed by atoms with Crippen LogP contribution in [0.15, 0.2) is 82.6 Å². The number of benzene rings is 3. The Hall–Kier alpha value is -2.48. The quantitative estimate of drug-likeness (QED) is 0.490. The van der Waals surface area contributed by atoms with Crippen LogP contribution in [0, 0.1) is 6.92 Å². The molecule has 29 heavy (non-hydrogen) atoms. The molecule has 3 aromatic rings. The summed E-state index contributed by atoms with van der Waals surface area (Å²) in [6.07, 6.45) is 0. The maximum Gasteiger partial charge on any atom is 0.261 e. The molecule has 0 saturated heterocycles. The molecule has 0 aliphatic rings. The molecule has 2 N–H and O–H groups in total. The highest BCUT2D eigenvalue weighted by atomic mass is 35.5. The molecule has 5 nitrogen and oxygen atoms in total. The monoisotopic (exact) mass is 446 g/mol. The molecule has 0 aliphatic carbocycles. The van der Waals surface area contributed by atoms with Crippen LogP contribution >= 0.6 is 23.4 Å². The maximum atomic E-state index is 12.5. The topological polar surface area (TPSA) is 75.3 Å². The molecule has 0 radical (unpaired) electrons. The van der Waals surface area contributed by atoms with Gasteiger partial charge in [-0.2, -0.15) is 0 Å². The van der Waals surface area contributed by atoms with Crippen molar-refractivity contribution in [3.63, 3.8) is 0 Å². The van der Waals surface area contributed by atoms with Crippen molar-refractivity contribution in [1.82, 2.24) is 0 Å². The lowest BCUT2D eigenvalue weighted by molar-refractivity contribution is -0.113. The second-order valence-corrected chi connectivity index (χ2v) is 9.45. The highest BCUT2D eigenvalue weighted by Crippen LogP contribution is 2.21. The van der Waals surface area contributed by atoms with E-state index in [-0.39, 0.29) is 16.6 Å². The van der Waals surface area contributed by atoms with Crippen LogP contribution in [0.4, 0.5) is 11.4 Å². The first-order chi connectivity index (χ1) is 13.8. The van der Waals surface area contributed by atoms with Gasteiger partial charge in [0.05, 0.1) is 10.6 Å². The summed E-state index contributed by atoms with van der Waals surface area (Å²) < 4.78 is 27.4. The highest BCUT2D eigenvalue weighted by Gasteiger charge is 2.14. The van der Waals surface area contributed by atoms with Crippen LogP contribution < -0.4 is 10.0 Å². The van der Waals surface area contributed by atoms with Crippen LogP contribution in [0.1, 0.15) is 5.56 Å². The molecule has 0 atom stereocenters. The van der Waals surface area contributed by atoms with E-state index in [0.717, 1.165) is 4.90 Å². The number of hydrogen-bond acceptors (Lipinski definition) is 4. The van der Waals surface area contributed by atoms with E-state index in [9.17, 15) is 13.2 Å². The Labute approximate surface area is 179 Å². The van der Waals surface area contributed by atoms with Gasteiger partial charge in [-0.15, -0.1) is 11.8 Å². The van der Waals surface area contributed by atoms with E-state index in [4.69, 9.17) is 11.6 Å². The van der Waals surface area contributed by atoms with Gasteiger partial charge in [0.2, 0.25) is 5.91 Å². The predicted molar refractivity (Wildman–Crippen MR) is 119 cm³/mol. The number of hydrogen-bond donors (Lipinski definition) is 2. The first kappa shape index (κ1) is 21.2. The molecule has 0 fully saturated rings. The zero-order valence-corrected chi connectivity index (χ0v) is 17.9. The van der Waals surface area contributed by atoms with Gasteiger partial charge in [-0.25, -0.2) is 8.42 Å². The zero-order chi connectivity index (χ0) is 20.9. The molecule has 0 bridgehead atoms. The first-order valence-corrected chi connectivity index (χ1v) is 11.5. The Balaban J connectivity index is 1.58. The predicted octanol–water partition coefficient (Wildman–Crippen LogP) is 5.18. The average molecular weight is 447 g/mol. The normalized spacial score (nSPS) is 11.1. The number of aryl methyl sites for hydroxylation is 1. The largest absolute Gasteiger partial charge is 0.325 e. The third-order valence-corrected chi connectivity index (χ3v) is 6.60. The minimum Gasteiger partial charge on any atom is -0.325 e. The maximum absolute atomic E-state index is 12.5. The minimum atomic E-state index is -3.73. The second kappa shape index (κ2) is 9.35. The van der Waals surface area contributed by atoms with Crippen molar-refractivity contribution in [2.75, 3.05) is 15.8 Å². The van der Waals surface area contributed by atoms with Crippen LogP contribution in [0.3, 0.4) is 0 Å². The molecule has 0 heterocycles. The number of amides is 1. The van der Waals surface area contributed by atoms with Crippen LogP contribution in [0.2, 0.25) is 5.02 Å². The molecule has 0 unspecified atom stereocenters.